The molecule has 1 aromatic carbocycles. The normalized spacial score (nSPS) is 16.6. The Morgan fingerprint density at radius 2 is 1.96 bits per heavy atom. The molecule has 0 N–H and O–H groups in total. The number of amides is 1. The van der Waals surface area contributed by atoms with Crippen LogP contribution in [0.3, 0.4) is 0 Å². The maximum atomic E-state index is 12.8. The largest absolute Gasteiger partial charge is 0.437 e. The lowest BCUT2D eigenvalue weighted by molar-refractivity contribution is 0.0705. The van der Waals surface area contributed by atoms with E-state index in [-0.39, 0.29) is 11.8 Å². The van der Waals surface area contributed by atoms with E-state index >= 15 is 0 Å². The zero-order chi connectivity index (χ0) is 19.3. The second-order valence-electron chi connectivity index (χ2n) is 6.98. The first-order valence-corrected chi connectivity index (χ1v) is 9.46. The van der Waals surface area contributed by atoms with Gasteiger partial charge in [0, 0.05) is 37.1 Å². The smallest absolute Gasteiger partial charge is 0.255 e. The number of aryl methyl sites for hydroxylation is 1. The number of benzene rings is 1. The monoisotopic (exact) mass is 374 g/mol. The van der Waals surface area contributed by atoms with Gasteiger partial charge < -0.3 is 9.64 Å². The molecule has 0 unspecified atom stereocenters. The molecule has 0 aliphatic carbocycles. The highest BCUT2D eigenvalue weighted by molar-refractivity contribution is 5.94. The lowest BCUT2D eigenvalue weighted by Crippen LogP contribution is -2.39. The summed E-state index contributed by atoms with van der Waals surface area (Å²) in [7, 11) is 0. The van der Waals surface area contributed by atoms with Gasteiger partial charge >= 0.3 is 0 Å². The fraction of sp³-hybridized carbons (Fsp3) is 0.273. The second kappa shape index (κ2) is 8.17. The summed E-state index contributed by atoms with van der Waals surface area (Å²) in [5.74, 6) is 1.35. The van der Waals surface area contributed by atoms with Gasteiger partial charge in [0.25, 0.3) is 5.91 Å². The van der Waals surface area contributed by atoms with Gasteiger partial charge in [-0.05, 0) is 44.0 Å². The molecule has 0 spiro atoms. The third kappa shape index (κ3) is 4.17. The summed E-state index contributed by atoms with van der Waals surface area (Å²) in [5, 5.41) is 0. The third-order valence-corrected chi connectivity index (χ3v) is 4.88. The molecule has 1 atom stereocenters. The molecule has 142 valence electrons. The molecule has 0 bridgehead atoms. The molecule has 1 aliphatic rings. The SMILES string of the molecule is Cc1ccc(C(=O)N2CCC[C@H](c3cncc(Oc4ccccc4)n3)C2)cn1. The minimum atomic E-state index is 0.0156. The summed E-state index contributed by atoms with van der Waals surface area (Å²) in [6.07, 6.45) is 6.93. The van der Waals surface area contributed by atoms with E-state index in [2.05, 4.69) is 15.0 Å². The van der Waals surface area contributed by atoms with E-state index in [4.69, 9.17) is 4.74 Å². The highest BCUT2D eigenvalue weighted by Gasteiger charge is 2.27. The van der Waals surface area contributed by atoms with Crippen molar-refractivity contribution < 1.29 is 9.53 Å². The number of hydrogen-bond donors (Lipinski definition) is 0. The Hall–Kier alpha value is -3.28. The first kappa shape index (κ1) is 18.1. The third-order valence-electron chi connectivity index (χ3n) is 4.88. The number of ether oxygens (including phenoxy) is 1. The number of likely N-dealkylation sites (tertiary alicyclic amines) is 1. The van der Waals surface area contributed by atoms with E-state index in [1.54, 1.807) is 18.6 Å². The number of aromatic nitrogens is 3. The zero-order valence-corrected chi connectivity index (χ0v) is 15.8. The van der Waals surface area contributed by atoms with E-state index in [1.807, 2.05) is 54.3 Å². The maximum Gasteiger partial charge on any atom is 0.255 e. The molecule has 2 aromatic heterocycles. The highest BCUT2D eigenvalue weighted by atomic mass is 16.5. The molecule has 3 aromatic rings. The van der Waals surface area contributed by atoms with Gasteiger partial charge in [-0.15, -0.1) is 0 Å². The average Bonchev–Trinajstić information content (AvgIpc) is 2.75. The van der Waals surface area contributed by atoms with Crippen LogP contribution in [0.15, 0.2) is 61.1 Å². The van der Waals surface area contributed by atoms with Crippen LogP contribution in [0.2, 0.25) is 0 Å². The quantitative estimate of drug-likeness (QED) is 0.691. The Morgan fingerprint density at radius 3 is 2.75 bits per heavy atom. The van der Waals surface area contributed by atoms with Gasteiger partial charge in [0.2, 0.25) is 5.88 Å². The predicted octanol–water partition coefficient (Wildman–Crippen LogP) is 3.99. The van der Waals surface area contributed by atoms with E-state index in [1.165, 1.54) is 0 Å². The Labute approximate surface area is 164 Å². The molecule has 0 saturated carbocycles. The van der Waals surface area contributed by atoms with Crippen molar-refractivity contribution in [1.82, 2.24) is 19.9 Å². The standard InChI is InChI=1S/C22H22N4O2/c1-16-9-10-17(12-24-16)22(27)26-11-5-6-18(15-26)20-13-23-14-21(25-20)28-19-7-3-2-4-8-19/h2-4,7-10,12-14,18H,5-6,11,15H2,1H3/t18-/m0/s1. The molecule has 6 heteroatoms. The summed E-state index contributed by atoms with van der Waals surface area (Å²) in [5.41, 5.74) is 2.38. The fourth-order valence-electron chi connectivity index (χ4n) is 3.40. The fourth-order valence-corrected chi connectivity index (χ4v) is 3.40. The van der Waals surface area contributed by atoms with Crippen LogP contribution < -0.4 is 4.74 Å². The summed E-state index contributed by atoms with van der Waals surface area (Å²) in [6.45, 7) is 3.28. The van der Waals surface area contributed by atoms with Crippen molar-refractivity contribution in [3.8, 4) is 11.6 Å². The van der Waals surface area contributed by atoms with Crippen molar-refractivity contribution >= 4 is 5.91 Å². The average molecular weight is 374 g/mol. The number of carbonyl (C=O) groups excluding carboxylic acids is 1. The lowest BCUT2D eigenvalue weighted by atomic mass is 9.94. The van der Waals surface area contributed by atoms with Crippen LogP contribution >= 0.6 is 0 Å². The molecule has 28 heavy (non-hydrogen) atoms. The van der Waals surface area contributed by atoms with Gasteiger partial charge in [0.15, 0.2) is 0 Å². The van der Waals surface area contributed by atoms with Crippen molar-refractivity contribution in [2.24, 2.45) is 0 Å². The van der Waals surface area contributed by atoms with Crippen LogP contribution in [0.4, 0.5) is 0 Å². The topological polar surface area (TPSA) is 68.2 Å². The van der Waals surface area contributed by atoms with Gasteiger partial charge in [-0.1, -0.05) is 18.2 Å². The van der Waals surface area contributed by atoms with E-state index in [9.17, 15) is 4.79 Å². The van der Waals surface area contributed by atoms with Gasteiger partial charge in [-0.25, -0.2) is 4.98 Å². The Bertz CT molecular complexity index is 944. The molecule has 0 radical (unpaired) electrons. The molecule has 1 fully saturated rings. The first-order valence-electron chi connectivity index (χ1n) is 9.46. The maximum absolute atomic E-state index is 12.8. The minimum Gasteiger partial charge on any atom is -0.437 e. The molecular formula is C22H22N4O2. The van der Waals surface area contributed by atoms with Crippen LogP contribution in [0.25, 0.3) is 0 Å². The summed E-state index contributed by atoms with van der Waals surface area (Å²) in [6, 6.07) is 13.2. The van der Waals surface area contributed by atoms with Crippen LogP contribution in [0.1, 0.15) is 40.5 Å². The minimum absolute atomic E-state index is 0.0156. The summed E-state index contributed by atoms with van der Waals surface area (Å²) < 4.78 is 5.80. The van der Waals surface area contributed by atoms with Crippen LogP contribution in [-0.4, -0.2) is 38.8 Å². The van der Waals surface area contributed by atoms with Crippen molar-refractivity contribution in [3.05, 3.63) is 78.0 Å². The Kier molecular flexibility index (Phi) is 5.28. The van der Waals surface area contributed by atoms with E-state index in [0.29, 0.717) is 18.0 Å². The van der Waals surface area contributed by atoms with Crippen molar-refractivity contribution in [3.63, 3.8) is 0 Å². The molecule has 4 rings (SSSR count). The van der Waals surface area contributed by atoms with Gasteiger partial charge in [0.05, 0.1) is 17.5 Å². The molecule has 1 aliphatic heterocycles. The van der Waals surface area contributed by atoms with Crippen LogP contribution in [0, 0.1) is 6.92 Å². The molecule has 1 amide bonds. The van der Waals surface area contributed by atoms with Crippen molar-refractivity contribution in [2.45, 2.75) is 25.7 Å². The zero-order valence-electron chi connectivity index (χ0n) is 15.8. The number of nitrogens with zero attached hydrogens (tertiary/aromatic N) is 4. The van der Waals surface area contributed by atoms with Gasteiger partial charge in [-0.3, -0.25) is 14.8 Å². The number of piperidine rings is 1. The molecule has 6 nitrogen and oxygen atoms in total. The molecule has 1 saturated heterocycles. The number of para-hydroxylation sites is 1. The molecule has 3 heterocycles. The predicted molar refractivity (Wildman–Crippen MR) is 105 cm³/mol. The van der Waals surface area contributed by atoms with E-state index in [0.717, 1.165) is 36.5 Å². The van der Waals surface area contributed by atoms with Gasteiger partial charge in [0.1, 0.15) is 5.75 Å². The van der Waals surface area contributed by atoms with E-state index < -0.39 is 0 Å². The summed E-state index contributed by atoms with van der Waals surface area (Å²) >= 11 is 0. The van der Waals surface area contributed by atoms with Crippen molar-refractivity contribution in [1.29, 1.82) is 0 Å². The number of pyridine rings is 1. The van der Waals surface area contributed by atoms with Crippen LogP contribution in [-0.2, 0) is 0 Å². The lowest BCUT2D eigenvalue weighted by Gasteiger charge is -2.32. The highest BCUT2D eigenvalue weighted by Crippen LogP contribution is 2.28. The molecular weight excluding hydrogens is 352 g/mol. The van der Waals surface area contributed by atoms with Crippen molar-refractivity contribution in [2.75, 3.05) is 13.1 Å². The Balaban J connectivity index is 1.48. The summed E-state index contributed by atoms with van der Waals surface area (Å²) in [4.78, 5) is 27.9. The number of carbonyl (C=O) groups is 1. The Morgan fingerprint density at radius 1 is 1.11 bits per heavy atom. The number of rotatable bonds is 4. The van der Waals surface area contributed by atoms with Gasteiger partial charge in [-0.2, -0.15) is 0 Å². The van der Waals surface area contributed by atoms with Crippen LogP contribution in [0.5, 0.6) is 11.6 Å². The number of hydrogen-bond acceptors (Lipinski definition) is 5. The second-order valence-corrected chi connectivity index (χ2v) is 6.98. The first-order chi connectivity index (χ1) is 13.7.